The summed E-state index contributed by atoms with van der Waals surface area (Å²) in [6, 6.07) is 5.33. The Morgan fingerprint density at radius 2 is 1.59 bits per heavy atom. The van der Waals surface area contributed by atoms with Gasteiger partial charge in [-0.15, -0.1) is 0 Å². The van der Waals surface area contributed by atoms with Crippen molar-refractivity contribution in [3.8, 4) is 0 Å². The Morgan fingerprint density at radius 3 is 2.07 bits per heavy atom. The first kappa shape index (κ1) is 20.1. The fourth-order valence-corrected chi connectivity index (χ4v) is 4.30. The van der Waals surface area contributed by atoms with Crippen LogP contribution < -0.4 is 4.90 Å². The number of alkyl halides is 3. The number of carbonyl (C=O) groups excluding carboxylic acids is 1. The van der Waals surface area contributed by atoms with Crippen LogP contribution in [-0.2, 0) is 4.79 Å². The summed E-state index contributed by atoms with van der Waals surface area (Å²) in [4.78, 5) is 14.7. The SMILES string of the molecule is CC(C)[C@]1(O)CC[C@]2(CCN(c3ccc([C@@H](O)C(F)(F)F)cc3)C2=O)CC1. The molecular formula is C20H26F3NO3. The molecular weight excluding hydrogens is 359 g/mol. The average molecular weight is 385 g/mol. The molecule has 1 saturated heterocycles. The van der Waals surface area contributed by atoms with E-state index in [1.807, 2.05) is 13.8 Å². The number of halogens is 3. The average Bonchev–Trinajstić information content (AvgIpc) is 2.93. The third-order valence-electron chi connectivity index (χ3n) is 6.49. The van der Waals surface area contributed by atoms with Gasteiger partial charge < -0.3 is 15.1 Å². The standard InChI is InChI=1S/C20H26F3NO3/c1-13(2)19(27)9-7-18(8-10-19)11-12-24(17(18)26)15-5-3-14(4-6-15)16(25)20(21,22)23/h3-6,13,16,25,27H,7-12H2,1-2H3/t16-,18-,19+/m1/s1. The van der Waals surface area contributed by atoms with Gasteiger partial charge in [0.1, 0.15) is 0 Å². The number of carbonyl (C=O) groups is 1. The molecule has 1 amide bonds. The van der Waals surface area contributed by atoms with Gasteiger partial charge in [0.15, 0.2) is 6.10 Å². The second-order valence-corrected chi connectivity index (χ2v) is 8.28. The summed E-state index contributed by atoms with van der Waals surface area (Å²) in [7, 11) is 0. The highest BCUT2D eigenvalue weighted by Gasteiger charge is 2.52. The quantitative estimate of drug-likeness (QED) is 0.828. The summed E-state index contributed by atoms with van der Waals surface area (Å²) in [6.07, 6.45) is -4.14. The molecule has 1 saturated carbocycles. The zero-order valence-electron chi connectivity index (χ0n) is 15.6. The maximum atomic E-state index is 13.1. The van der Waals surface area contributed by atoms with Crippen molar-refractivity contribution in [1.82, 2.24) is 0 Å². The lowest BCUT2D eigenvalue weighted by Gasteiger charge is -2.43. The Balaban J connectivity index is 1.73. The molecule has 0 bridgehead atoms. The third kappa shape index (κ3) is 3.59. The minimum atomic E-state index is -4.72. The Hall–Kier alpha value is -1.60. The molecule has 1 aliphatic carbocycles. The monoisotopic (exact) mass is 385 g/mol. The molecule has 0 aromatic heterocycles. The molecule has 150 valence electrons. The summed E-state index contributed by atoms with van der Waals surface area (Å²) in [5.41, 5.74) is -0.911. The molecule has 1 aromatic carbocycles. The van der Waals surface area contributed by atoms with Crippen LogP contribution in [0.5, 0.6) is 0 Å². The summed E-state index contributed by atoms with van der Waals surface area (Å²) < 4.78 is 37.9. The van der Waals surface area contributed by atoms with Crippen LogP contribution in [0.3, 0.4) is 0 Å². The van der Waals surface area contributed by atoms with Crippen molar-refractivity contribution < 1.29 is 28.2 Å². The fraction of sp³-hybridized carbons (Fsp3) is 0.650. The molecule has 2 aliphatic rings. The van der Waals surface area contributed by atoms with Crippen molar-refractivity contribution in [1.29, 1.82) is 0 Å². The molecule has 1 aliphatic heterocycles. The van der Waals surface area contributed by atoms with Gasteiger partial charge in [-0.3, -0.25) is 4.79 Å². The smallest absolute Gasteiger partial charge is 0.390 e. The van der Waals surface area contributed by atoms with Crippen LogP contribution in [0.25, 0.3) is 0 Å². The van der Waals surface area contributed by atoms with Crippen LogP contribution >= 0.6 is 0 Å². The Labute approximate surface area is 157 Å². The molecule has 0 radical (unpaired) electrons. The van der Waals surface area contributed by atoms with E-state index in [1.54, 1.807) is 4.90 Å². The van der Waals surface area contributed by atoms with Gasteiger partial charge in [0.25, 0.3) is 0 Å². The molecule has 2 N–H and O–H groups in total. The number of hydrogen-bond donors (Lipinski definition) is 2. The van der Waals surface area contributed by atoms with Crippen molar-refractivity contribution in [2.24, 2.45) is 11.3 Å². The van der Waals surface area contributed by atoms with Gasteiger partial charge in [-0.05, 0) is 55.7 Å². The lowest BCUT2D eigenvalue weighted by Crippen LogP contribution is -2.46. The number of rotatable bonds is 3. The Bertz CT molecular complexity index is 691. The molecule has 3 rings (SSSR count). The first-order valence-electron chi connectivity index (χ1n) is 9.38. The van der Waals surface area contributed by atoms with Gasteiger partial charge in [-0.2, -0.15) is 13.2 Å². The Kier molecular flexibility index (Phi) is 5.06. The normalized spacial score (nSPS) is 30.4. The zero-order valence-corrected chi connectivity index (χ0v) is 15.6. The molecule has 2 fully saturated rings. The van der Waals surface area contributed by atoms with Crippen LogP contribution in [0.4, 0.5) is 18.9 Å². The third-order valence-corrected chi connectivity index (χ3v) is 6.49. The van der Waals surface area contributed by atoms with E-state index in [0.29, 0.717) is 44.3 Å². The summed E-state index contributed by atoms with van der Waals surface area (Å²) in [5, 5.41) is 20.0. The summed E-state index contributed by atoms with van der Waals surface area (Å²) in [6.45, 7) is 4.48. The fourth-order valence-electron chi connectivity index (χ4n) is 4.30. The van der Waals surface area contributed by atoms with Crippen LogP contribution in [0.15, 0.2) is 24.3 Å². The summed E-state index contributed by atoms with van der Waals surface area (Å²) >= 11 is 0. The maximum Gasteiger partial charge on any atom is 0.418 e. The van der Waals surface area contributed by atoms with E-state index in [2.05, 4.69) is 0 Å². The van der Waals surface area contributed by atoms with Crippen molar-refractivity contribution >= 4 is 11.6 Å². The van der Waals surface area contributed by atoms with Gasteiger partial charge >= 0.3 is 6.18 Å². The number of amides is 1. The number of aliphatic hydroxyl groups excluding tert-OH is 1. The molecule has 7 heteroatoms. The van der Waals surface area contributed by atoms with E-state index in [9.17, 15) is 28.2 Å². The van der Waals surface area contributed by atoms with Gasteiger partial charge in [-0.25, -0.2) is 0 Å². The number of anilines is 1. The lowest BCUT2D eigenvalue weighted by atomic mass is 9.65. The summed E-state index contributed by atoms with van der Waals surface area (Å²) in [5.74, 6) is 0.118. The predicted octanol–water partition coefficient (Wildman–Crippen LogP) is 3.97. The highest BCUT2D eigenvalue weighted by Crippen LogP contribution is 2.50. The first-order chi connectivity index (χ1) is 12.5. The second-order valence-electron chi connectivity index (χ2n) is 8.28. The highest BCUT2D eigenvalue weighted by atomic mass is 19.4. The van der Waals surface area contributed by atoms with Crippen molar-refractivity contribution in [3.63, 3.8) is 0 Å². The number of nitrogens with zero attached hydrogens (tertiary/aromatic N) is 1. The highest BCUT2D eigenvalue weighted by molar-refractivity contribution is 6.00. The topological polar surface area (TPSA) is 60.8 Å². The molecule has 1 aromatic rings. The lowest BCUT2D eigenvalue weighted by molar-refractivity contribution is -0.206. The van der Waals surface area contributed by atoms with Crippen LogP contribution in [-0.4, -0.2) is 34.4 Å². The largest absolute Gasteiger partial charge is 0.418 e. The molecule has 1 heterocycles. The second kappa shape index (κ2) is 6.78. The van der Waals surface area contributed by atoms with Gasteiger partial charge in [0.2, 0.25) is 5.91 Å². The maximum absolute atomic E-state index is 13.1. The first-order valence-corrected chi connectivity index (χ1v) is 9.38. The van der Waals surface area contributed by atoms with E-state index in [-0.39, 0.29) is 17.4 Å². The minimum Gasteiger partial charge on any atom is -0.390 e. The predicted molar refractivity (Wildman–Crippen MR) is 95.1 cm³/mol. The van der Waals surface area contributed by atoms with Gasteiger partial charge in [-0.1, -0.05) is 26.0 Å². The van der Waals surface area contributed by atoms with E-state index in [4.69, 9.17) is 0 Å². The van der Waals surface area contributed by atoms with Gasteiger partial charge in [0.05, 0.1) is 11.0 Å². The molecule has 1 spiro atoms. The zero-order chi connectivity index (χ0) is 20.0. The van der Waals surface area contributed by atoms with E-state index >= 15 is 0 Å². The van der Waals surface area contributed by atoms with Crippen LogP contribution in [0.1, 0.15) is 57.6 Å². The Morgan fingerprint density at radius 1 is 1.04 bits per heavy atom. The molecule has 4 nitrogen and oxygen atoms in total. The van der Waals surface area contributed by atoms with E-state index < -0.39 is 23.3 Å². The van der Waals surface area contributed by atoms with Crippen LogP contribution in [0, 0.1) is 11.3 Å². The van der Waals surface area contributed by atoms with Crippen molar-refractivity contribution in [2.75, 3.05) is 11.4 Å². The van der Waals surface area contributed by atoms with Crippen molar-refractivity contribution in [3.05, 3.63) is 29.8 Å². The number of aliphatic hydroxyl groups is 2. The number of benzene rings is 1. The molecule has 1 atom stereocenters. The van der Waals surface area contributed by atoms with Crippen LogP contribution in [0.2, 0.25) is 0 Å². The minimum absolute atomic E-state index is 0.0163. The van der Waals surface area contributed by atoms with Gasteiger partial charge in [0, 0.05) is 12.2 Å². The van der Waals surface area contributed by atoms with E-state index in [0.717, 1.165) is 0 Å². The molecule has 0 unspecified atom stereocenters. The number of hydrogen-bond acceptors (Lipinski definition) is 3. The van der Waals surface area contributed by atoms with Crippen molar-refractivity contribution in [2.45, 2.75) is 63.8 Å². The molecule has 27 heavy (non-hydrogen) atoms. The van der Waals surface area contributed by atoms with E-state index in [1.165, 1.54) is 24.3 Å².